The van der Waals surface area contributed by atoms with E-state index in [1.807, 2.05) is 13.0 Å². The molecule has 1 aromatic carbocycles. The maximum atomic E-state index is 13.9. The molecule has 0 aliphatic carbocycles. The Bertz CT molecular complexity index is 1260. The molecule has 3 heterocycles. The number of hydrogen-bond acceptors (Lipinski definition) is 5. The molecule has 0 spiro atoms. The summed E-state index contributed by atoms with van der Waals surface area (Å²) in [6, 6.07) is 6.19. The lowest BCUT2D eigenvalue weighted by Crippen LogP contribution is -2.07. The number of benzene rings is 1. The van der Waals surface area contributed by atoms with Crippen LogP contribution in [0, 0.1) is 12.7 Å². The van der Waals surface area contributed by atoms with Gasteiger partial charge in [0, 0.05) is 46.4 Å². The van der Waals surface area contributed by atoms with Crippen LogP contribution in [0.3, 0.4) is 0 Å². The highest BCUT2D eigenvalue weighted by atomic mass is 35.5. The fourth-order valence-corrected chi connectivity index (χ4v) is 3.83. The first kappa shape index (κ1) is 21.5. The van der Waals surface area contributed by atoms with E-state index in [1.54, 1.807) is 42.5 Å². The summed E-state index contributed by atoms with van der Waals surface area (Å²) in [4.78, 5) is 12.4. The second-order valence-corrected chi connectivity index (χ2v) is 7.81. The first-order valence-electron chi connectivity index (χ1n) is 9.14. The van der Waals surface area contributed by atoms with Crippen molar-refractivity contribution in [2.45, 2.75) is 20.0 Å². The lowest BCUT2D eigenvalue weighted by molar-refractivity contribution is 0.224. The van der Waals surface area contributed by atoms with Crippen molar-refractivity contribution in [3.8, 4) is 22.7 Å². The van der Waals surface area contributed by atoms with Gasteiger partial charge in [-0.05, 0) is 43.6 Å². The third-order valence-corrected chi connectivity index (χ3v) is 5.49. The van der Waals surface area contributed by atoms with E-state index in [0.29, 0.717) is 27.8 Å². The zero-order valence-corrected chi connectivity index (χ0v) is 18.6. The Balaban J connectivity index is 1.63. The summed E-state index contributed by atoms with van der Waals surface area (Å²) < 4.78 is 21.5. The van der Waals surface area contributed by atoms with Crippen molar-refractivity contribution in [1.82, 2.24) is 24.7 Å². The molecular weight excluding hydrogens is 464 g/mol. The lowest BCUT2D eigenvalue weighted by Gasteiger charge is -2.19. The number of aromatic nitrogens is 5. The van der Waals surface area contributed by atoms with Gasteiger partial charge in [0.2, 0.25) is 5.28 Å². The van der Waals surface area contributed by atoms with Gasteiger partial charge in [-0.1, -0.05) is 23.2 Å². The molecule has 0 saturated carbocycles. The van der Waals surface area contributed by atoms with Gasteiger partial charge in [-0.3, -0.25) is 4.98 Å². The van der Waals surface area contributed by atoms with Crippen LogP contribution >= 0.6 is 34.8 Å². The van der Waals surface area contributed by atoms with Crippen LogP contribution in [0.15, 0.2) is 49.1 Å². The zero-order chi connectivity index (χ0) is 22.1. The van der Waals surface area contributed by atoms with E-state index in [1.165, 1.54) is 12.1 Å². The number of pyridine rings is 1. The van der Waals surface area contributed by atoms with Gasteiger partial charge in [-0.25, -0.2) is 14.1 Å². The number of nitrogens with zero attached hydrogens (tertiary/aromatic N) is 5. The summed E-state index contributed by atoms with van der Waals surface area (Å²) in [5, 5.41) is 4.71. The minimum atomic E-state index is -0.600. The average Bonchev–Trinajstić information content (AvgIpc) is 3.23. The average molecular weight is 479 g/mol. The molecule has 31 heavy (non-hydrogen) atoms. The molecule has 1 unspecified atom stereocenters. The third-order valence-electron chi connectivity index (χ3n) is 4.59. The van der Waals surface area contributed by atoms with E-state index < -0.39 is 11.9 Å². The van der Waals surface area contributed by atoms with Crippen molar-refractivity contribution in [3.63, 3.8) is 0 Å². The molecule has 0 fully saturated rings. The van der Waals surface area contributed by atoms with Crippen molar-refractivity contribution < 1.29 is 9.13 Å². The number of ether oxygens (including phenoxy) is 1. The molecule has 0 aliphatic heterocycles. The van der Waals surface area contributed by atoms with Crippen LogP contribution < -0.4 is 4.74 Å². The Kier molecular flexibility index (Phi) is 6.09. The van der Waals surface area contributed by atoms with Crippen molar-refractivity contribution >= 4 is 34.8 Å². The molecular formula is C21H15Cl3FN5O. The van der Waals surface area contributed by atoms with Crippen molar-refractivity contribution in [1.29, 1.82) is 0 Å². The minimum Gasteiger partial charge on any atom is -0.484 e. The predicted octanol–water partition coefficient (Wildman–Crippen LogP) is 6.27. The normalized spacial score (nSPS) is 12.1. The minimum absolute atomic E-state index is 0.0634. The highest BCUT2D eigenvalue weighted by molar-refractivity contribution is 6.36. The van der Waals surface area contributed by atoms with E-state index in [0.717, 1.165) is 11.1 Å². The number of halogens is 4. The van der Waals surface area contributed by atoms with Gasteiger partial charge in [0.25, 0.3) is 0 Å². The first-order valence-corrected chi connectivity index (χ1v) is 10.3. The second-order valence-electron chi connectivity index (χ2n) is 6.68. The van der Waals surface area contributed by atoms with Crippen LogP contribution in [0.25, 0.3) is 16.9 Å². The third kappa shape index (κ3) is 4.49. The van der Waals surface area contributed by atoms with Gasteiger partial charge in [0.05, 0.1) is 16.9 Å². The van der Waals surface area contributed by atoms with E-state index in [4.69, 9.17) is 39.5 Å². The Morgan fingerprint density at radius 3 is 2.65 bits per heavy atom. The van der Waals surface area contributed by atoms with Gasteiger partial charge in [-0.15, -0.1) is 0 Å². The molecule has 4 aromatic rings. The summed E-state index contributed by atoms with van der Waals surface area (Å²) in [7, 11) is 0. The van der Waals surface area contributed by atoms with Crippen LogP contribution in [-0.4, -0.2) is 24.7 Å². The molecule has 3 aromatic heterocycles. The predicted molar refractivity (Wildman–Crippen MR) is 118 cm³/mol. The molecule has 0 radical (unpaired) electrons. The summed E-state index contributed by atoms with van der Waals surface area (Å²) in [6.45, 7) is 3.56. The Hall–Kier alpha value is -2.74. The highest BCUT2D eigenvalue weighted by Crippen LogP contribution is 2.36. The van der Waals surface area contributed by atoms with E-state index >= 15 is 0 Å². The second kappa shape index (κ2) is 8.78. The summed E-state index contributed by atoms with van der Waals surface area (Å²) in [6.07, 6.45) is 6.13. The molecule has 0 N–H and O–H groups in total. The van der Waals surface area contributed by atoms with Crippen LogP contribution in [0.2, 0.25) is 15.3 Å². The largest absolute Gasteiger partial charge is 0.484 e. The van der Waals surface area contributed by atoms with E-state index in [2.05, 4.69) is 20.1 Å². The zero-order valence-electron chi connectivity index (χ0n) is 16.4. The fraction of sp³-hybridized carbons (Fsp3) is 0.143. The summed E-state index contributed by atoms with van der Waals surface area (Å²) >= 11 is 18.2. The van der Waals surface area contributed by atoms with E-state index in [9.17, 15) is 4.39 Å². The highest BCUT2D eigenvalue weighted by Gasteiger charge is 2.20. The van der Waals surface area contributed by atoms with Gasteiger partial charge >= 0.3 is 0 Å². The molecule has 4 rings (SSSR count). The molecule has 10 heteroatoms. The number of rotatable bonds is 5. The van der Waals surface area contributed by atoms with Gasteiger partial charge in [0.15, 0.2) is 5.82 Å². The van der Waals surface area contributed by atoms with Crippen LogP contribution in [0.4, 0.5) is 4.39 Å². The standard InChI is InChI=1S/C21H15Cl3FN5O/c1-11-17(31-12(2)19-15(22)3-4-16(25)20(19)23)7-13(8-27-11)14-9-28-30(10-14)18-5-6-26-21(24)29-18/h3-10,12H,1-2H3. The van der Waals surface area contributed by atoms with Crippen molar-refractivity contribution in [3.05, 3.63) is 81.5 Å². The van der Waals surface area contributed by atoms with Gasteiger partial charge in [0.1, 0.15) is 17.7 Å². The first-order chi connectivity index (χ1) is 14.8. The molecule has 158 valence electrons. The lowest BCUT2D eigenvalue weighted by atomic mass is 10.1. The summed E-state index contributed by atoms with van der Waals surface area (Å²) in [5.41, 5.74) is 2.60. The quantitative estimate of drug-likeness (QED) is 0.250. The van der Waals surface area contributed by atoms with Crippen LogP contribution in [0.5, 0.6) is 5.75 Å². The molecule has 0 bridgehead atoms. The maximum absolute atomic E-state index is 13.9. The molecule has 0 saturated heterocycles. The molecule has 1 atom stereocenters. The Labute approximate surface area is 192 Å². The topological polar surface area (TPSA) is 65.7 Å². The smallest absolute Gasteiger partial charge is 0.224 e. The van der Waals surface area contributed by atoms with Crippen molar-refractivity contribution in [2.24, 2.45) is 0 Å². The fourth-order valence-electron chi connectivity index (χ4n) is 3.01. The van der Waals surface area contributed by atoms with E-state index in [-0.39, 0.29) is 10.3 Å². The number of aryl methyl sites for hydroxylation is 1. The van der Waals surface area contributed by atoms with Crippen LogP contribution in [-0.2, 0) is 0 Å². The monoisotopic (exact) mass is 477 g/mol. The maximum Gasteiger partial charge on any atom is 0.224 e. The van der Waals surface area contributed by atoms with Crippen molar-refractivity contribution in [2.75, 3.05) is 0 Å². The molecule has 0 aliphatic rings. The Morgan fingerprint density at radius 1 is 1.06 bits per heavy atom. The van der Waals surface area contributed by atoms with Gasteiger partial charge in [-0.2, -0.15) is 10.1 Å². The Morgan fingerprint density at radius 2 is 1.87 bits per heavy atom. The molecule has 6 nitrogen and oxygen atoms in total. The SMILES string of the molecule is Cc1ncc(-c2cnn(-c3ccnc(Cl)n3)c2)cc1OC(C)c1c(Cl)ccc(F)c1Cl. The van der Waals surface area contributed by atoms with Crippen LogP contribution in [0.1, 0.15) is 24.3 Å². The number of hydrogen-bond donors (Lipinski definition) is 0. The van der Waals surface area contributed by atoms with Gasteiger partial charge < -0.3 is 4.74 Å². The summed E-state index contributed by atoms with van der Waals surface area (Å²) in [5.74, 6) is 0.489. The molecule has 0 amide bonds.